The standard InChI is InChI=1S/C21H25Br2N3O4S/c1-14-20-15(3-2-4-18(20)22)5-8-26(14)31(28,29)17-11-19(23)21(24-12-17)25-7-6-16(13-25)30-10-9-27/h2-4,11-12,14,16,27H,5-10,13H2,1H3. The molecule has 0 amide bonds. The smallest absolute Gasteiger partial charge is 0.245 e. The van der Waals surface area contributed by atoms with Crippen LogP contribution < -0.4 is 4.90 Å². The molecular formula is C21H25Br2N3O4S. The molecule has 2 aromatic rings. The van der Waals surface area contributed by atoms with Crippen molar-refractivity contribution in [3.63, 3.8) is 0 Å². The first-order valence-electron chi connectivity index (χ1n) is 10.2. The van der Waals surface area contributed by atoms with Crippen LogP contribution in [0.1, 0.15) is 30.5 Å². The van der Waals surface area contributed by atoms with Gasteiger partial charge in [0.25, 0.3) is 0 Å². The second kappa shape index (κ2) is 9.44. The van der Waals surface area contributed by atoms with Gasteiger partial charge in [-0.2, -0.15) is 4.31 Å². The van der Waals surface area contributed by atoms with E-state index >= 15 is 0 Å². The second-order valence-electron chi connectivity index (χ2n) is 7.78. The maximum atomic E-state index is 13.5. The fraction of sp³-hybridized carbons (Fsp3) is 0.476. The minimum Gasteiger partial charge on any atom is -0.394 e. The van der Waals surface area contributed by atoms with Gasteiger partial charge in [-0.25, -0.2) is 13.4 Å². The highest BCUT2D eigenvalue weighted by Gasteiger charge is 2.36. The number of pyridine rings is 1. The van der Waals surface area contributed by atoms with E-state index in [0.29, 0.717) is 36.4 Å². The molecule has 3 heterocycles. The van der Waals surface area contributed by atoms with Crippen molar-refractivity contribution in [2.45, 2.75) is 36.8 Å². The number of aromatic nitrogens is 1. The van der Waals surface area contributed by atoms with E-state index in [2.05, 4.69) is 47.8 Å². The van der Waals surface area contributed by atoms with Gasteiger partial charge in [0.05, 0.1) is 23.8 Å². The molecule has 0 spiro atoms. The summed E-state index contributed by atoms with van der Waals surface area (Å²) in [5.74, 6) is 0.703. The maximum Gasteiger partial charge on any atom is 0.245 e. The third-order valence-corrected chi connectivity index (χ3v) is 9.10. The van der Waals surface area contributed by atoms with Gasteiger partial charge in [-0.15, -0.1) is 0 Å². The SMILES string of the molecule is CC1c2c(Br)cccc2CCN1S(=O)(=O)c1cnc(N2CCC(OCCO)C2)c(Br)c1. The number of aliphatic hydroxyl groups is 1. The first kappa shape index (κ1) is 23.1. The van der Waals surface area contributed by atoms with E-state index in [9.17, 15) is 8.42 Å². The van der Waals surface area contributed by atoms with E-state index in [1.165, 1.54) is 11.8 Å². The van der Waals surface area contributed by atoms with Gasteiger partial charge in [0.1, 0.15) is 10.7 Å². The Morgan fingerprint density at radius 1 is 1.26 bits per heavy atom. The van der Waals surface area contributed by atoms with Gasteiger partial charge in [0.2, 0.25) is 10.0 Å². The number of fused-ring (bicyclic) bond motifs is 1. The van der Waals surface area contributed by atoms with E-state index in [1.807, 2.05) is 19.1 Å². The van der Waals surface area contributed by atoms with Crippen molar-refractivity contribution in [1.82, 2.24) is 9.29 Å². The van der Waals surface area contributed by atoms with Crippen molar-refractivity contribution in [1.29, 1.82) is 0 Å². The lowest BCUT2D eigenvalue weighted by Crippen LogP contribution is -2.39. The van der Waals surface area contributed by atoms with Crippen molar-refractivity contribution in [3.05, 3.63) is 50.5 Å². The lowest BCUT2D eigenvalue weighted by Gasteiger charge is -2.35. The Morgan fingerprint density at radius 2 is 2.06 bits per heavy atom. The molecule has 0 saturated carbocycles. The van der Waals surface area contributed by atoms with Crippen LogP contribution in [0.4, 0.5) is 5.82 Å². The molecule has 0 aliphatic carbocycles. The number of hydrogen-bond acceptors (Lipinski definition) is 6. The van der Waals surface area contributed by atoms with E-state index < -0.39 is 10.0 Å². The minimum atomic E-state index is -3.71. The summed E-state index contributed by atoms with van der Waals surface area (Å²) in [6, 6.07) is 7.36. The molecule has 7 nitrogen and oxygen atoms in total. The summed E-state index contributed by atoms with van der Waals surface area (Å²) in [5.41, 5.74) is 2.20. The van der Waals surface area contributed by atoms with Crippen LogP contribution in [0.25, 0.3) is 0 Å². The van der Waals surface area contributed by atoms with Crippen LogP contribution in [0.5, 0.6) is 0 Å². The second-order valence-corrected chi connectivity index (χ2v) is 11.4. The number of sulfonamides is 1. The molecule has 31 heavy (non-hydrogen) atoms. The van der Waals surface area contributed by atoms with Gasteiger partial charge in [0.15, 0.2) is 0 Å². The zero-order chi connectivity index (χ0) is 22.2. The highest BCUT2D eigenvalue weighted by atomic mass is 79.9. The predicted molar refractivity (Wildman–Crippen MR) is 126 cm³/mol. The van der Waals surface area contributed by atoms with Gasteiger partial charge >= 0.3 is 0 Å². The zero-order valence-corrected chi connectivity index (χ0v) is 21.2. The predicted octanol–water partition coefficient (Wildman–Crippen LogP) is 3.50. The Bertz CT molecular complexity index is 1070. The Morgan fingerprint density at radius 3 is 2.81 bits per heavy atom. The first-order valence-corrected chi connectivity index (χ1v) is 13.3. The van der Waals surface area contributed by atoms with Crippen LogP contribution in [0, 0.1) is 0 Å². The van der Waals surface area contributed by atoms with E-state index in [0.717, 1.165) is 23.0 Å². The molecule has 10 heteroatoms. The summed E-state index contributed by atoms with van der Waals surface area (Å²) >= 11 is 7.10. The van der Waals surface area contributed by atoms with Crippen molar-refractivity contribution in [2.24, 2.45) is 0 Å². The fourth-order valence-electron chi connectivity index (χ4n) is 4.36. The molecule has 1 fully saturated rings. The quantitative estimate of drug-likeness (QED) is 0.568. The van der Waals surface area contributed by atoms with E-state index in [4.69, 9.17) is 9.84 Å². The summed E-state index contributed by atoms with van der Waals surface area (Å²) in [6.07, 6.45) is 3.00. The molecule has 1 aromatic heterocycles. The van der Waals surface area contributed by atoms with Crippen molar-refractivity contribution < 1.29 is 18.3 Å². The van der Waals surface area contributed by atoms with Gasteiger partial charge in [-0.1, -0.05) is 28.1 Å². The summed E-state index contributed by atoms with van der Waals surface area (Å²) in [5, 5.41) is 8.93. The molecule has 0 bridgehead atoms. The third kappa shape index (κ3) is 4.56. The van der Waals surface area contributed by atoms with Crippen molar-refractivity contribution >= 4 is 47.7 Å². The van der Waals surface area contributed by atoms with Gasteiger partial charge in [-0.05, 0) is 59.0 Å². The topological polar surface area (TPSA) is 83.0 Å². The summed E-state index contributed by atoms with van der Waals surface area (Å²) < 4.78 is 35.7. The average Bonchev–Trinajstić information content (AvgIpc) is 3.21. The number of hydrogen-bond donors (Lipinski definition) is 1. The summed E-state index contributed by atoms with van der Waals surface area (Å²) in [6.45, 7) is 4.10. The van der Waals surface area contributed by atoms with Gasteiger partial charge in [0, 0.05) is 36.3 Å². The van der Waals surface area contributed by atoms with Gasteiger partial charge in [-0.3, -0.25) is 0 Å². The molecule has 1 N–H and O–H groups in total. The maximum absolute atomic E-state index is 13.5. The molecule has 168 valence electrons. The summed E-state index contributed by atoms with van der Waals surface area (Å²) in [7, 11) is -3.71. The molecule has 0 radical (unpaired) electrons. The molecular weight excluding hydrogens is 550 g/mol. The number of nitrogens with zero attached hydrogens (tertiary/aromatic N) is 3. The van der Waals surface area contributed by atoms with Crippen LogP contribution >= 0.6 is 31.9 Å². The van der Waals surface area contributed by atoms with Gasteiger partial charge < -0.3 is 14.7 Å². The average molecular weight is 575 g/mol. The largest absolute Gasteiger partial charge is 0.394 e. The Labute approximate surface area is 199 Å². The number of rotatable bonds is 6. The van der Waals surface area contributed by atoms with Crippen LogP contribution in [-0.4, -0.2) is 61.8 Å². The van der Waals surface area contributed by atoms with Crippen LogP contribution in [0.3, 0.4) is 0 Å². The highest BCUT2D eigenvalue weighted by molar-refractivity contribution is 9.10. The first-order chi connectivity index (χ1) is 14.8. The van der Waals surface area contributed by atoms with Crippen LogP contribution in [0.15, 0.2) is 44.3 Å². The lowest BCUT2D eigenvalue weighted by molar-refractivity contribution is 0.0410. The Kier molecular flexibility index (Phi) is 7.05. The molecule has 1 saturated heterocycles. The van der Waals surface area contributed by atoms with Crippen LogP contribution in [0.2, 0.25) is 0 Å². The van der Waals surface area contributed by atoms with E-state index in [-0.39, 0.29) is 23.6 Å². The fourth-order valence-corrected chi connectivity index (χ4v) is 7.43. The molecule has 2 atom stereocenters. The molecule has 4 rings (SSSR count). The molecule has 2 unspecified atom stereocenters. The number of halogens is 2. The Hall–Kier alpha value is -1.04. The minimum absolute atomic E-state index is 0.000962. The van der Waals surface area contributed by atoms with Crippen LogP contribution in [-0.2, 0) is 21.2 Å². The van der Waals surface area contributed by atoms with Crippen molar-refractivity contribution in [2.75, 3.05) is 37.7 Å². The van der Waals surface area contributed by atoms with E-state index in [1.54, 1.807) is 10.4 Å². The third-order valence-electron chi connectivity index (χ3n) is 5.89. The zero-order valence-electron chi connectivity index (χ0n) is 17.2. The molecule has 2 aliphatic rings. The highest BCUT2D eigenvalue weighted by Crippen LogP contribution is 2.38. The monoisotopic (exact) mass is 573 g/mol. The number of benzene rings is 1. The molecule has 1 aromatic carbocycles. The Balaban J connectivity index is 1.56. The lowest BCUT2D eigenvalue weighted by atomic mass is 9.95. The number of aliphatic hydroxyl groups excluding tert-OH is 1. The number of ether oxygens (including phenoxy) is 1. The summed E-state index contributed by atoms with van der Waals surface area (Å²) in [4.78, 5) is 6.73. The number of anilines is 1. The molecule has 2 aliphatic heterocycles. The van der Waals surface area contributed by atoms with Crippen molar-refractivity contribution in [3.8, 4) is 0 Å². The normalized spacial score (nSPS) is 22.0.